The molecule has 5 heteroatoms. The fourth-order valence-electron chi connectivity index (χ4n) is 3.92. The van der Waals surface area contributed by atoms with Crippen molar-refractivity contribution in [3.05, 3.63) is 64.7 Å². The zero-order valence-corrected chi connectivity index (χ0v) is 16.5. The summed E-state index contributed by atoms with van der Waals surface area (Å²) in [7, 11) is -0.215. The monoisotopic (exact) mass is 369 g/mol. The molecule has 0 amide bonds. The van der Waals surface area contributed by atoms with Gasteiger partial charge in [-0.25, -0.2) is 0 Å². The van der Waals surface area contributed by atoms with E-state index in [-0.39, 0.29) is 30.3 Å². The van der Waals surface area contributed by atoms with E-state index in [0.29, 0.717) is 0 Å². The molecule has 2 aliphatic rings. The highest BCUT2D eigenvalue weighted by Crippen LogP contribution is 2.49. The first-order chi connectivity index (χ1) is 12.3. The van der Waals surface area contributed by atoms with Crippen LogP contribution in [0.25, 0.3) is 0 Å². The van der Waals surface area contributed by atoms with Gasteiger partial charge in [0.1, 0.15) is 0 Å². The van der Waals surface area contributed by atoms with Gasteiger partial charge in [-0.05, 0) is 63.3 Å². The standard InChI is InChI=1S/C21H25BClNO2/c1-20(2)21(3,4)26-22(25-20)13-17-16-7-5-6-8-18(16)24-19(17)14-9-11-15(23)12-10-14/h5-12,17,19,24H,13H2,1-4H3/t17-,19-/m0/s1. The first-order valence-electron chi connectivity index (χ1n) is 9.23. The van der Waals surface area contributed by atoms with Crippen molar-refractivity contribution in [2.75, 3.05) is 5.32 Å². The number of rotatable bonds is 3. The zero-order chi connectivity index (χ0) is 18.5. The SMILES string of the molecule is CC1(C)OB(C[C@H]2c3ccccc3N[C@H]2c2ccc(Cl)cc2)OC1(C)C. The second-order valence-corrected chi connectivity index (χ2v) is 8.73. The van der Waals surface area contributed by atoms with E-state index in [0.717, 1.165) is 11.3 Å². The van der Waals surface area contributed by atoms with Gasteiger partial charge in [0.15, 0.2) is 0 Å². The molecular weight excluding hydrogens is 345 g/mol. The third kappa shape index (κ3) is 3.04. The topological polar surface area (TPSA) is 30.5 Å². The Morgan fingerprint density at radius 2 is 1.58 bits per heavy atom. The Balaban J connectivity index is 1.63. The van der Waals surface area contributed by atoms with Crippen molar-refractivity contribution < 1.29 is 9.31 Å². The highest BCUT2D eigenvalue weighted by atomic mass is 35.5. The van der Waals surface area contributed by atoms with Crippen molar-refractivity contribution in [3.63, 3.8) is 0 Å². The molecule has 0 aromatic heterocycles. The van der Waals surface area contributed by atoms with Crippen LogP contribution in [0, 0.1) is 0 Å². The second kappa shape index (κ2) is 6.30. The summed E-state index contributed by atoms with van der Waals surface area (Å²) in [6.45, 7) is 8.41. The maximum Gasteiger partial charge on any atom is 0.458 e. The largest absolute Gasteiger partial charge is 0.458 e. The molecule has 1 N–H and O–H groups in total. The number of nitrogens with one attached hydrogen (secondary N) is 1. The number of para-hydroxylation sites is 1. The highest BCUT2D eigenvalue weighted by molar-refractivity contribution is 6.45. The van der Waals surface area contributed by atoms with E-state index >= 15 is 0 Å². The number of hydrogen-bond acceptors (Lipinski definition) is 3. The van der Waals surface area contributed by atoms with E-state index in [1.807, 2.05) is 12.1 Å². The summed E-state index contributed by atoms with van der Waals surface area (Å²) in [5.74, 6) is 0.280. The molecule has 0 radical (unpaired) electrons. The highest BCUT2D eigenvalue weighted by Gasteiger charge is 2.52. The van der Waals surface area contributed by atoms with Crippen LogP contribution < -0.4 is 5.32 Å². The van der Waals surface area contributed by atoms with Crippen LogP contribution in [0.2, 0.25) is 11.3 Å². The minimum atomic E-state index is -0.307. The molecule has 0 saturated carbocycles. The van der Waals surface area contributed by atoms with Gasteiger partial charge in [0.05, 0.1) is 17.2 Å². The molecule has 0 spiro atoms. The Kier molecular flexibility index (Phi) is 4.34. The summed E-state index contributed by atoms with van der Waals surface area (Å²) < 4.78 is 12.5. The van der Waals surface area contributed by atoms with Crippen LogP contribution in [-0.2, 0) is 9.31 Å². The van der Waals surface area contributed by atoms with Crippen LogP contribution in [-0.4, -0.2) is 18.3 Å². The Bertz CT molecular complexity index is 790. The third-order valence-corrected chi connectivity index (χ3v) is 6.30. The van der Waals surface area contributed by atoms with Crippen molar-refractivity contribution in [1.82, 2.24) is 0 Å². The van der Waals surface area contributed by atoms with Gasteiger partial charge in [-0.1, -0.05) is 41.9 Å². The average molecular weight is 370 g/mol. The molecule has 3 nitrogen and oxygen atoms in total. The maximum atomic E-state index is 6.27. The first-order valence-corrected chi connectivity index (χ1v) is 9.61. The lowest BCUT2D eigenvalue weighted by Crippen LogP contribution is -2.41. The summed E-state index contributed by atoms with van der Waals surface area (Å²) in [5, 5.41) is 4.44. The predicted octanol–water partition coefficient (Wildman–Crippen LogP) is 5.68. The number of hydrogen-bond donors (Lipinski definition) is 1. The molecule has 26 heavy (non-hydrogen) atoms. The van der Waals surface area contributed by atoms with Crippen LogP contribution in [0.4, 0.5) is 5.69 Å². The minimum absolute atomic E-state index is 0.184. The van der Waals surface area contributed by atoms with Crippen LogP contribution >= 0.6 is 11.6 Å². The van der Waals surface area contributed by atoms with Crippen LogP contribution in [0.5, 0.6) is 0 Å². The smallest absolute Gasteiger partial charge is 0.403 e. The Morgan fingerprint density at radius 1 is 0.962 bits per heavy atom. The maximum absolute atomic E-state index is 6.27. The summed E-state index contributed by atoms with van der Waals surface area (Å²) in [5.41, 5.74) is 3.13. The van der Waals surface area contributed by atoms with E-state index in [4.69, 9.17) is 20.9 Å². The van der Waals surface area contributed by atoms with Gasteiger partial charge < -0.3 is 14.6 Å². The lowest BCUT2D eigenvalue weighted by Gasteiger charge is -2.32. The normalized spacial score (nSPS) is 25.8. The molecule has 1 saturated heterocycles. The fraction of sp³-hybridized carbons (Fsp3) is 0.429. The van der Waals surface area contributed by atoms with Gasteiger partial charge in [0, 0.05) is 16.6 Å². The Morgan fingerprint density at radius 3 is 2.23 bits per heavy atom. The van der Waals surface area contributed by atoms with Gasteiger partial charge in [-0.2, -0.15) is 0 Å². The summed E-state index contributed by atoms with van der Waals surface area (Å²) in [6, 6.07) is 16.8. The van der Waals surface area contributed by atoms with Gasteiger partial charge in [-0.3, -0.25) is 0 Å². The quantitative estimate of drug-likeness (QED) is 0.706. The lowest BCUT2D eigenvalue weighted by molar-refractivity contribution is 0.00578. The molecule has 0 aliphatic carbocycles. The molecule has 2 aromatic carbocycles. The van der Waals surface area contributed by atoms with E-state index in [9.17, 15) is 0 Å². The second-order valence-electron chi connectivity index (χ2n) is 8.29. The molecule has 2 atom stereocenters. The number of benzene rings is 2. The molecular formula is C21H25BClNO2. The first kappa shape index (κ1) is 17.9. The molecule has 2 heterocycles. The molecule has 2 aromatic rings. The molecule has 1 fully saturated rings. The van der Waals surface area contributed by atoms with Crippen molar-refractivity contribution >= 4 is 24.4 Å². The van der Waals surface area contributed by atoms with E-state index in [1.54, 1.807) is 0 Å². The predicted molar refractivity (Wildman–Crippen MR) is 108 cm³/mol. The molecule has 0 unspecified atom stereocenters. The number of fused-ring (bicyclic) bond motifs is 1. The fourth-order valence-corrected chi connectivity index (χ4v) is 4.04. The van der Waals surface area contributed by atoms with Crippen molar-refractivity contribution in [3.8, 4) is 0 Å². The van der Waals surface area contributed by atoms with E-state index < -0.39 is 0 Å². The zero-order valence-electron chi connectivity index (χ0n) is 15.8. The van der Waals surface area contributed by atoms with Gasteiger partial charge >= 0.3 is 7.12 Å². The van der Waals surface area contributed by atoms with E-state index in [1.165, 1.54) is 16.8 Å². The van der Waals surface area contributed by atoms with Crippen molar-refractivity contribution in [1.29, 1.82) is 0 Å². The third-order valence-electron chi connectivity index (χ3n) is 6.05. The van der Waals surface area contributed by atoms with Crippen LogP contribution in [0.15, 0.2) is 48.5 Å². The van der Waals surface area contributed by atoms with Gasteiger partial charge in [-0.15, -0.1) is 0 Å². The molecule has 136 valence electrons. The van der Waals surface area contributed by atoms with Crippen molar-refractivity contribution in [2.45, 2.75) is 57.2 Å². The molecule has 4 rings (SSSR count). The van der Waals surface area contributed by atoms with E-state index in [2.05, 4.69) is 69.4 Å². The Hall–Kier alpha value is -1.49. The van der Waals surface area contributed by atoms with Crippen LogP contribution in [0.3, 0.4) is 0 Å². The number of halogens is 1. The number of anilines is 1. The molecule has 2 aliphatic heterocycles. The van der Waals surface area contributed by atoms with Crippen LogP contribution in [0.1, 0.15) is 50.8 Å². The molecule has 0 bridgehead atoms. The average Bonchev–Trinajstić information content (AvgIpc) is 3.03. The minimum Gasteiger partial charge on any atom is -0.403 e. The van der Waals surface area contributed by atoms with Gasteiger partial charge in [0.25, 0.3) is 0 Å². The van der Waals surface area contributed by atoms with Gasteiger partial charge in [0.2, 0.25) is 0 Å². The summed E-state index contributed by atoms with van der Waals surface area (Å²) >= 11 is 6.08. The lowest BCUT2D eigenvalue weighted by atomic mass is 9.72. The Labute approximate surface area is 161 Å². The van der Waals surface area contributed by atoms with Crippen molar-refractivity contribution in [2.24, 2.45) is 0 Å². The summed E-state index contributed by atoms with van der Waals surface area (Å²) in [4.78, 5) is 0. The summed E-state index contributed by atoms with van der Waals surface area (Å²) in [6.07, 6.45) is 0.810.